The molecule has 0 spiro atoms. The van der Waals surface area contributed by atoms with Crippen LogP contribution in [-0.4, -0.2) is 9.94 Å². The zero-order valence-corrected chi connectivity index (χ0v) is 6.97. The molecule has 1 N–H and O–H groups in total. The Bertz CT molecular complexity index is 440. The van der Waals surface area contributed by atoms with Gasteiger partial charge in [0.15, 0.2) is 0 Å². The second-order valence-electron chi connectivity index (χ2n) is 2.90. The Morgan fingerprint density at radius 1 is 1.46 bits per heavy atom. The Morgan fingerprint density at radius 3 is 3.00 bits per heavy atom. The highest BCUT2D eigenvalue weighted by atomic mass is 16.5. The third-order valence-electron chi connectivity index (χ3n) is 2.05. The van der Waals surface area contributed by atoms with Crippen molar-refractivity contribution in [3.8, 4) is 0 Å². The summed E-state index contributed by atoms with van der Waals surface area (Å²) in [6, 6.07) is 3.36. The first-order chi connectivity index (χ1) is 6.29. The van der Waals surface area contributed by atoms with Crippen LogP contribution in [0.5, 0.6) is 0 Å². The predicted octanol–water partition coefficient (Wildman–Crippen LogP) is 1.43. The van der Waals surface area contributed by atoms with E-state index in [2.05, 4.69) is 0 Å². The zero-order valence-electron chi connectivity index (χ0n) is 6.97. The molecule has 0 radical (unpaired) electrons. The van der Waals surface area contributed by atoms with Crippen LogP contribution in [0, 0.1) is 0 Å². The topological polar surface area (TPSA) is 42.2 Å². The quantitative estimate of drug-likeness (QED) is 0.656. The van der Waals surface area contributed by atoms with Crippen molar-refractivity contribution < 1.29 is 5.21 Å². The van der Waals surface area contributed by atoms with Crippen LogP contribution in [0.25, 0.3) is 5.57 Å². The molecule has 1 aliphatic rings. The number of hydrogen-bond donors (Lipinski definition) is 1. The van der Waals surface area contributed by atoms with Gasteiger partial charge in [-0.3, -0.25) is 4.79 Å². The van der Waals surface area contributed by atoms with Gasteiger partial charge in [-0.2, -0.15) is 4.73 Å². The fourth-order valence-corrected chi connectivity index (χ4v) is 1.37. The van der Waals surface area contributed by atoms with Gasteiger partial charge in [-0.05, 0) is 24.1 Å². The maximum atomic E-state index is 11.4. The monoisotopic (exact) mass is 175 g/mol. The Morgan fingerprint density at radius 2 is 2.31 bits per heavy atom. The summed E-state index contributed by atoms with van der Waals surface area (Å²) in [5, 5.41) is 9.12. The summed E-state index contributed by atoms with van der Waals surface area (Å²) in [5.74, 6) is 0. The fraction of sp³-hybridized carbons (Fsp3) is 0.100. The van der Waals surface area contributed by atoms with Gasteiger partial charge in [0.05, 0.1) is 0 Å². The summed E-state index contributed by atoms with van der Waals surface area (Å²) in [6.07, 6.45) is 7.86. The highest BCUT2D eigenvalue weighted by Gasteiger charge is 2.08. The molecule has 2 rings (SSSR count). The average Bonchev–Trinajstić information content (AvgIpc) is 2.62. The van der Waals surface area contributed by atoms with E-state index >= 15 is 0 Å². The SMILES string of the molecule is O=c1c(C2=CC=CC2)cccn1O. The lowest BCUT2D eigenvalue weighted by molar-refractivity contribution is 0.174. The minimum absolute atomic E-state index is 0.363. The van der Waals surface area contributed by atoms with Crippen LogP contribution in [0.2, 0.25) is 0 Å². The lowest BCUT2D eigenvalue weighted by atomic mass is 10.1. The predicted molar refractivity (Wildman–Crippen MR) is 49.6 cm³/mol. The summed E-state index contributed by atoms with van der Waals surface area (Å²) < 4.78 is 0.606. The van der Waals surface area contributed by atoms with Gasteiger partial charge < -0.3 is 5.21 Å². The summed E-state index contributed by atoms with van der Waals surface area (Å²) in [7, 11) is 0. The van der Waals surface area contributed by atoms with E-state index in [0.717, 1.165) is 12.0 Å². The van der Waals surface area contributed by atoms with Crippen LogP contribution in [0.15, 0.2) is 41.4 Å². The minimum atomic E-state index is -0.363. The standard InChI is InChI=1S/C10H9NO2/c12-10-9(6-3-7-11(10)13)8-4-1-2-5-8/h1-4,6-7,13H,5H2. The molecule has 1 heterocycles. The molecule has 0 atom stereocenters. The van der Waals surface area contributed by atoms with Gasteiger partial charge in [-0.1, -0.05) is 18.2 Å². The Kier molecular flexibility index (Phi) is 1.77. The molecular formula is C10H9NO2. The van der Waals surface area contributed by atoms with E-state index < -0.39 is 0 Å². The molecule has 0 saturated carbocycles. The van der Waals surface area contributed by atoms with E-state index in [1.165, 1.54) is 6.20 Å². The van der Waals surface area contributed by atoms with E-state index in [4.69, 9.17) is 5.21 Å². The van der Waals surface area contributed by atoms with Gasteiger partial charge in [0.1, 0.15) is 0 Å². The van der Waals surface area contributed by atoms with Gasteiger partial charge in [0.2, 0.25) is 0 Å². The molecule has 0 amide bonds. The molecule has 0 fully saturated rings. The Balaban J connectivity index is 2.53. The van der Waals surface area contributed by atoms with Gasteiger partial charge in [0.25, 0.3) is 5.56 Å². The van der Waals surface area contributed by atoms with E-state index in [1.54, 1.807) is 12.1 Å². The molecule has 1 aliphatic carbocycles. The van der Waals surface area contributed by atoms with Crippen LogP contribution < -0.4 is 5.56 Å². The lowest BCUT2D eigenvalue weighted by Crippen LogP contribution is -2.19. The van der Waals surface area contributed by atoms with Crippen molar-refractivity contribution in [2.45, 2.75) is 6.42 Å². The Hall–Kier alpha value is -1.77. The van der Waals surface area contributed by atoms with E-state index in [9.17, 15) is 4.79 Å². The molecule has 0 aliphatic heterocycles. The molecule has 3 nitrogen and oxygen atoms in total. The van der Waals surface area contributed by atoms with E-state index in [0.29, 0.717) is 10.3 Å². The van der Waals surface area contributed by atoms with Gasteiger partial charge in [-0.25, -0.2) is 0 Å². The van der Waals surface area contributed by atoms with Crippen molar-refractivity contribution in [3.63, 3.8) is 0 Å². The molecule has 1 aromatic heterocycles. The third kappa shape index (κ3) is 1.28. The smallest absolute Gasteiger partial charge is 0.290 e. The summed E-state index contributed by atoms with van der Waals surface area (Å²) in [4.78, 5) is 11.4. The lowest BCUT2D eigenvalue weighted by Gasteiger charge is -2.01. The molecule has 0 aromatic carbocycles. The maximum Gasteiger partial charge on any atom is 0.290 e. The molecule has 0 saturated heterocycles. The van der Waals surface area contributed by atoms with Crippen molar-refractivity contribution in [1.82, 2.24) is 4.73 Å². The normalized spacial score (nSPS) is 14.6. The summed E-state index contributed by atoms with van der Waals surface area (Å²) >= 11 is 0. The number of aromatic nitrogens is 1. The van der Waals surface area contributed by atoms with Crippen LogP contribution >= 0.6 is 0 Å². The molecular weight excluding hydrogens is 166 g/mol. The highest BCUT2D eigenvalue weighted by molar-refractivity contribution is 5.70. The van der Waals surface area contributed by atoms with E-state index in [1.807, 2.05) is 18.2 Å². The number of hydrogen-bond acceptors (Lipinski definition) is 2. The van der Waals surface area contributed by atoms with Crippen LogP contribution in [0.1, 0.15) is 12.0 Å². The van der Waals surface area contributed by atoms with E-state index in [-0.39, 0.29) is 5.56 Å². The summed E-state index contributed by atoms with van der Waals surface area (Å²) in [6.45, 7) is 0. The molecule has 13 heavy (non-hydrogen) atoms. The molecule has 0 unspecified atom stereocenters. The second kappa shape index (κ2) is 2.94. The molecule has 3 heteroatoms. The molecule has 1 aromatic rings. The first kappa shape index (κ1) is 7.86. The third-order valence-corrected chi connectivity index (χ3v) is 2.05. The molecule has 66 valence electrons. The Labute approximate surface area is 75.2 Å². The highest BCUT2D eigenvalue weighted by Crippen LogP contribution is 2.19. The zero-order chi connectivity index (χ0) is 9.26. The maximum absolute atomic E-state index is 11.4. The van der Waals surface area contributed by atoms with Crippen LogP contribution in [-0.2, 0) is 0 Å². The van der Waals surface area contributed by atoms with Gasteiger partial charge >= 0.3 is 0 Å². The van der Waals surface area contributed by atoms with Gasteiger partial charge in [0, 0.05) is 11.8 Å². The fourth-order valence-electron chi connectivity index (χ4n) is 1.37. The minimum Gasteiger partial charge on any atom is -0.425 e. The van der Waals surface area contributed by atoms with Crippen LogP contribution in [0.3, 0.4) is 0 Å². The van der Waals surface area contributed by atoms with Crippen molar-refractivity contribution >= 4 is 5.57 Å². The number of nitrogens with zero attached hydrogens (tertiary/aromatic N) is 1. The second-order valence-corrected chi connectivity index (χ2v) is 2.90. The first-order valence-electron chi connectivity index (χ1n) is 4.06. The largest absolute Gasteiger partial charge is 0.425 e. The van der Waals surface area contributed by atoms with Gasteiger partial charge in [-0.15, -0.1) is 0 Å². The van der Waals surface area contributed by atoms with Crippen molar-refractivity contribution in [2.24, 2.45) is 0 Å². The summed E-state index contributed by atoms with van der Waals surface area (Å²) in [5.41, 5.74) is 1.15. The molecule has 0 bridgehead atoms. The van der Waals surface area contributed by atoms with Crippen molar-refractivity contribution in [3.05, 3.63) is 52.5 Å². The van der Waals surface area contributed by atoms with Crippen molar-refractivity contribution in [2.75, 3.05) is 0 Å². The first-order valence-corrected chi connectivity index (χ1v) is 4.06. The van der Waals surface area contributed by atoms with Crippen molar-refractivity contribution in [1.29, 1.82) is 0 Å². The van der Waals surface area contributed by atoms with Crippen LogP contribution in [0.4, 0.5) is 0 Å². The average molecular weight is 175 g/mol. The number of pyridine rings is 1. The number of allylic oxidation sites excluding steroid dienone is 4. The number of rotatable bonds is 1.